The van der Waals surface area contributed by atoms with Crippen LogP contribution >= 0.6 is 21.6 Å². The van der Waals surface area contributed by atoms with Gasteiger partial charge in [0.15, 0.2) is 12.2 Å². The summed E-state index contributed by atoms with van der Waals surface area (Å²) in [4.78, 5) is 171. The molecule has 34 nitrogen and oxygen atoms in total. The normalized spacial score (nSPS) is 24.9. The molecule has 3 aliphatic heterocycles. The van der Waals surface area contributed by atoms with Gasteiger partial charge in [0.2, 0.25) is 70.9 Å². The average molecular weight is 1400 g/mol. The fourth-order valence-corrected chi connectivity index (χ4v) is 13.0. The molecule has 3 fully saturated rings. The van der Waals surface area contributed by atoms with Crippen LogP contribution in [0.15, 0.2) is 59.6 Å². The highest BCUT2D eigenvalue weighted by molar-refractivity contribution is 8.76. The average Bonchev–Trinajstić information content (AvgIpc) is 1.09. The third-order valence-corrected chi connectivity index (χ3v) is 18.3. The third kappa shape index (κ3) is 27.2. The number of hydrogen-bond acceptors (Lipinski definition) is 22. The predicted molar refractivity (Wildman–Crippen MR) is 352 cm³/mol. The Morgan fingerprint density at radius 2 is 1.27 bits per heavy atom. The Bertz CT molecular complexity index is 3030. The Labute approximate surface area is 567 Å². The number of phenols is 1. The zero-order valence-corrected chi connectivity index (χ0v) is 55.1. The van der Waals surface area contributed by atoms with Crippen molar-refractivity contribution in [3.05, 3.63) is 65.7 Å². The number of aliphatic hydroxyl groups is 4. The second kappa shape index (κ2) is 41.0. The molecule has 3 heterocycles. The Morgan fingerprint density at radius 1 is 0.670 bits per heavy atom. The lowest BCUT2D eigenvalue weighted by atomic mass is 9.99. The first-order chi connectivity index (χ1) is 46.2. The molecule has 3 aliphatic rings. The number of benzene rings is 2. The van der Waals surface area contributed by atoms with Gasteiger partial charge in [-0.15, -0.1) is 0 Å². The first-order valence-corrected chi connectivity index (χ1v) is 34.3. The van der Waals surface area contributed by atoms with Crippen molar-refractivity contribution >= 4 is 98.4 Å². The number of nitrogens with two attached hydrogens (primary N) is 5. The van der Waals surface area contributed by atoms with Gasteiger partial charge in [0.05, 0.1) is 19.6 Å². The molecule has 0 aliphatic carbocycles. The van der Waals surface area contributed by atoms with Crippen molar-refractivity contribution in [2.75, 3.05) is 44.4 Å². The van der Waals surface area contributed by atoms with Gasteiger partial charge >= 0.3 is 0 Å². The summed E-state index contributed by atoms with van der Waals surface area (Å²) in [5.74, 6) is -12.0. The van der Waals surface area contributed by atoms with Crippen LogP contribution in [-0.4, -0.2) is 231 Å². The monoisotopic (exact) mass is 1400 g/mol. The van der Waals surface area contributed by atoms with E-state index in [0.29, 0.717) is 49.7 Å². The maximum Gasteiger partial charge on any atom is 0.246 e. The number of ether oxygens (including phenoxy) is 2. The minimum atomic E-state index is -1.87. The number of phenolic OH excluding ortho intramolecular Hbond substituents is 1. The molecule has 23 N–H and O–H groups in total. The lowest BCUT2D eigenvalue weighted by Gasteiger charge is -2.39. The van der Waals surface area contributed by atoms with Gasteiger partial charge in [0.25, 0.3) is 0 Å². The van der Waals surface area contributed by atoms with Crippen molar-refractivity contribution in [1.82, 2.24) is 47.4 Å². The molecule has 13 atom stereocenters. The van der Waals surface area contributed by atoms with Crippen LogP contribution < -0.4 is 71.2 Å². The van der Waals surface area contributed by atoms with Crippen LogP contribution in [0.3, 0.4) is 0 Å². The summed E-state index contributed by atoms with van der Waals surface area (Å²) in [6.45, 7) is -1.05. The molecule has 36 heteroatoms. The summed E-state index contributed by atoms with van der Waals surface area (Å²) < 4.78 is 11.0. The zero-order chi connectivity index (χ0) is 71.1. The van der Waals surface area contributed by atoms with Crippen molar-refractivity contribution in [2.45, 2.75) is 182 Å². The number of aliphatic imine (C=N–C) groups is 1. The Kier molecular flexibility index (Phi) is 33.5. The molecule has 5 rings (SSSR count). The molecular formula is C61H91N15O19S2. The molecule has 3 unspecified atom stereocenters. The van der Waals surface area contributed by atoms with Crippen LogP contribution in [-0.2, 0) is 79.8 Å². The highest BCUT2D eigenvalue weighted by Crippen LogP contribution is 2.27. The minimum absolute atomic E-state index is 0.0414. The van der Waals surface area contributed by atoms with Gasteiger partial charge in [0.1, 0.15) is 78.5 Å². The van der Waals surface area contributed by atoms with Gasteiger partial charge in [0, 0.05) is 56.9 Å². The molecule has 0 spiro atoms. The van der Waals surface area contributed by atoms with Gasteiger partial charge in [-0.3, -0.25) is 62.5 Å². The first kappa shape index (κ1) is 79.3. The SMILES string of the molecule is NC(=O)CCC1NC(=O)[C@H](Cc2ccccc2)NC(=O)C(Cc2ccc(O)cc2)NC(=O)[C@@H](NC(=O)CCCCCCCCO[C@H]2O[C@H](CO)[C@@H](O)[C@H](O)[C@@H]2O)CSSC[C@@H](C(=O)N2CCC[C@H]2C(=O)N[C@@H](CCCN=C(N)N)C(=O)NCC(N)=O)NC(=O)C(CC(N)=O)NC1=O. The number of carbonyl (C=O) groups excluding carboxylic acids is 12. The number of guanidine groups is 1. The summed E-state index contributed by atoms with van der Waals surface area (Å²) >= 11 is 0. The van der Waals surface area contributed by atoms with E-state index >= 15 is 0 Å². The van der Waals surface area contributed by atoms with Gasteiger partial charge in [-0.1, -0.05) is 89.7 Å². The zero-order valence-electron chi connectivity index (χ0n) is 53.5. The molecule has 2 aromatic carbocycles. The number of carbonyl (C=O) groups is 12. The van der Waals surface area contributed by atoms with E-state index in [0.717, 1.165) is 26.5 Å². The molecular weight excluding hydrogens is 1310 g/mol. The molecule has 3 saturated heterocycles. The van der Waals surface area contributed by atoms with Gasteiger partial charge in [-0.25, -0.2) is 0 Å². The first-order valence-electron chi connectivity index (χ1n) is 31.8. The number of unbranched alkanes of at least 4 members (excludes halogenated alkanes) is 5. The number of aromatic hydroxyl groups is 1. The maximum atomic E-state index is 15.0. The van der Waals surface area contributed by atoms with Crippen molar-refractivity contribution in [3.63, 3.8) is 0 Å². The summed E-state index contributed by atoms with van der Waals surface area (Å²) in [6.07, 6.45) is -5.53. The molecule has 12 amide bonds. The number of nitrogens with one attached hydrogen (secondary N) is 8. The number of likely N-dealkylation sites (tertiary alicyclic amines) is 1. The fraction of sp³-hybridized carbons (Fsp3) is 0.590. The van der Waals surface area contributed by atoms with Gasteiger partial charge < -0.3 is 111 Å². The molecule has 0 aromatic heterocycles. The number of primary amides is 3. The minimum Gasteiger partial charge on any atom is -0.508 e. The molecule has 0 bridgehead atoms. The van der Waals surface area contributed by atoms with Crippen LogP contribution in [0.2, 0.25) is 0 Å². The van der Waals surface area contributed by atoms with Crippen LogP contribution in [0.1, 0.15) is 101 Å². The fourth-order valence-electron chi connectivity index (χ4n) is 10.7. The van der Waals surface area contributed by atoms with Crippen molar-refractivity contribution < 1.29 is 92.5 Å². The number of rotatable bonds is 31. The smallest absolute Gasteiger partial charge is 0.246 e. The maximum absolute atomic E-state index is 15.0. The molecule has 0 saturated carbocycles. The summed E-state index contributed by atoms with van der Waals surface area (Å²) in [6, 6.07) is 1.80. The van der Waals surface area contributed by atoms with Gasteiger partial charge in [-0.2, -0.15) is 0 Å². The van der Waals surface area contributed by atoms with E-state index in [-0.39, 0.29) is 87.9 Å². The van der Waals surface area contributed by atoms with E-state index in [2.05, 4.69) is 47.5 Å². The van der Waals surface area contributed by atoms with Gasteiger partial charge in [-0.05, 0) is 68.2 Å². The number of nitrogens with zero attached hydrogens (tertiary/aromatic N) is 2. The Balaban J connectivity index is 1.46. The molecule has 2 aromatic rings. The highest BCUT2D eigenvalue weighted by Gasteiger charge is 2.45. The number of hydrogen-bond donors (Lipinski definition) is 18. The lowest BCUT2D eigenvalue weighted by molar-refractivity contribution is -0.301. The van der Waals surface area contributed by atoms with Crippen LogP contribution in [0.25, 0.3) is 0 Å². The lowest BCUT2D eigenvalue weighted by Crippen LogP contribution is -2.61. The van der Waals surface area contributed by atoms with E-state index in [9.17, 15) is 83.1 Å². The van der Waals surface area contributed by atoms with E-state index in [4.69, 9.17) is 38.1 Å². The second-order valence-corrected chi connectivity index (χ2v) is 26.1. The largest absolute Gasteiger partial charge is 0.508 e. The quantitative estimate of drug-likeness (QED) is 0.0145. The number of aliphatic hydroxyl groups excluding tert-OH is 4. The highest BCUT2D eigenvalue weighted by atomic mass is 33.1. The molecule has 0 radical (unpaired) electrons. The Morgan fingerprint density at radius 3 is 1.91 bits per heavy atom. The standard InChI is InChI=1S/C61H91N15O19S2/c62-45(79)22-21-37-53(87)74-40(28-46(63)80)56(90)75-42(59(93)76-24-11-15-43(76)58(92)71-36(14-10-23-67-61(65)66)52(86)68-29-47(64)81)32-97-96-31-41(69-48(82)16-8-3-1-2-4-9-25-94-60-51(85)50(84)49(83)44(30-77)95-60)57(91)73-39(27-34-17-19-35(78)20-18-34)55(89)72-38(54(88)70-37)26-33-12-6-5-7-13-33/h5-7,12-13,17-20,36-44,49-51,60,77-78,83-85H,1-4,8-11,14-16,21-32H2,(H2,62,79)(H2,63,80)(H2,64,81)(H,68,86)(H,69,82)(H,70,88)(H,71,92)(H,72,89)(H,73,91)(H,74,87)(H,75,90)(H4,65,66,67)/t36-,37?,38-,39?,40?,41-,42-,43-,44+,49+,50-,51-,60-/m0/s1. The predicted octanol–water partition coefficient (Wildman–Crippen LogP) is -5.70. The summed E-state index contributed by atoms with van der Waals surface area (Å²) in [5.41, 5.74) is 28.2. The Hall–Kier alpha value is -8.39. The van der Waals surface area contributed by atoms with E-state index in [1.165, 1.54) is 24.3 Å². The third-order valence-electron chi connectivity index (χ3n) is 15.9. The van der Waals surface area contributed by atoms with Crippen molar-refractivity contribution in [1.29, 1.82) is 0 Å². The van der Waals surface area contributed by atoms with E-state index < -0.39 is 182 Å². The van der Waals surface area contributed by atoms with Crippen LogP contribution in [0, 0.1) is 0 Å². The molecule has 536 valence electrons. The van der Waals surface area contributed by atoms with E-state index in [1.54, 1.807) is 30.3 Å². The van der Waals surface area contributed by atoms with Crippen molar-refractivity contribution in [3.8, 4) is 5.75 Å². The number of amides is 12. The van der Waals surface area contributed by atoms with Crippen LogP contribution in [0.4, 0.5) is 0 Å². The second-order valence-electron chi connectivity index (χ2n) is 23.6. The molecule has 97 heavy (non-hydrogen) atoms. The van der Waals surface area contributed by atoms with Crippen LogP contribution in [0.5, 0.6) is 5.75 Å². The van der Waals surface area contributed by atoms with Crippen molar-refractivity contribution in [2.24, 2.45) is 33.7 Å². The topological polar surface area (TPSA) is 566 Å². The summed E-state index contributed by atoms with van der Waals surface area (Å²) in [5, 5.41) is 70.7. The summed E-state index contributed by atoms with van der Waals surface area (Å²) in [7, 11) is 1.87. The van der Waals surface area contributed by atoms with E-state index in [1.807, 2.05) is 0 Å².